The van der Waals surface area contributed by atoms with Gasteiger partial charge in [0.05, 0.1) is 6.54 Å². The molecule has 0 aliphatic carbocycles. The average molecular weight is 273 g/mol. The third kappa shape index (κ3) is 2.88. The molecule has 1 heterocycles. The largest absolute Gasteiger partial charge is 0.412 e. The lowest BCUT2D eigenvalue weighted by Gasteiger charge is -2.14. The fourth-order valence-electron chi connectivity index (χ4n) is 1.65. The SMILES string of the molecule is CCN1CC=C(c2ccccc2S(=O)(=O)O)O1.O. The van der Waals surface area contributed by atoms with Gasteiger partial charge < -0.3 is 10.3 Å². The number of hydroxylamine groups is 2. The summed E-state index contributed by atoms with van der Waals surface area (Å²) in [6.45, 7) is 3.24. The topological polar surface area (TPSA) is 98.3 Å². The molecule has 0 unspecified atom stereocenters. The molecule has 0 aromatic heterocycles. The Morgan fingerprint density at radius 2 is 2.06 bits per heavy atom. The number of likely N-dealkylation sites (N-methyl/N-ethyl adjacent to an activating group) is 1. The van der Waals surface area contributed by atoms with Crippen molar-refractivity contribution in [1.82, 2.24) is 5.06 Å². The van der Waals surface area contributed by atoms with E-state index in [9.17, 15) is 8.42 Å². The lowest BCUT2D eigenvalue weighted by molar-refractivity contribution is -0.0561. The van der Waals surface area contributed by atoms with Crippen LogP contribution in [0.5, 0.6) is 0 Å². The quantitative estimate of drug-likeness (QED) is 0.818. The Balaban J connectivity index is 0.00000162. The van der Waals surface area contributed by atoms with Crippen LogP contribution in [0.25, 0.3) is 5.76 Å². The summed E-state index contributed by atoms with van der Waals surface area (Å²) in [5.74, 6) is 0.458. The number of nitrogens with zero attached hydrogens (tertiary/aromatic N) is 1. The molecule has 18 heavy (non-hydrogen) atoms. The summed E-state index contributed by atoms with van der Waals surface area (Å²) < 4.78 is 31.6. The number of benzene rings is 1. The molecule has 0 bridgehead atoms. The van der Waals surface area contributed by atoms with Crippen LogP contribution in [0, 0.1) is 0 Å². The van der Waals surface area contributed by atoms with Crippen molar-refractivity contribution in [1.29, 1.82) is 0 Å². The van der Waals surface area contributed by atoms with Gasteiger partial charge in [-0.25, -0.2) is 0 Å². The Labute approximate surface area is 105 Å². The second-order valence-corrected chi connectivity index (χ2v) is 5.00. The molecule has 2 rings (SSSR count). The molecular formula is C11H15NO5S. The Morgan fingerprint density at radius 3 is 2.61 bits per heavy atom. The van der Waals surface area contributed by atoms with Crippen molar-refractivity contribution in [2.24, 2.45) is 0 Å². The number of hydrogen-bond donors (Lipinski definition) is 1. The normalized spacial score (nSPS) is 15.8. The predicted octanol–water partition coefficient (Wildman–Crippen LogP) is 0.717. The molecule has 1 aliphatic rings. The standard InChI is InChI=1S/C11H13NO4S.H2O/c1-2-12-8-7-10(16-12)9-5-3-4-6-11(9)17(13,14)15;/h3-7H,2,8H2,1H3,(H,13,14,15);1H2. The van der Waals surface area contributed by atoms with Crippen LogP contribution in [0.1, 0.15) is 12.5 Å². The van der Waals surface area contributed by atoms with E-state index in [1.807, 2.05) is 6.92 Å². The van der Waals surface area contributed by atoms with E-state index >= 15 is 0 Å². The van der Waals surface area contributed by atoms with Gasteiger partial charge in [-0.1, -0.05) is 12.1 Å². The van der Waals surface area contributed by atoms with Crippen LogP contribution in [0.2, 0.25) is 0 Å². The molecule has 1 aromatic rings. The van der Waals surface area contributed by atoms with E-state index in [1.54, 1.807) is 29.3 Å². The molecule has 0 atom stereocenters. The molecule has 7 heteroatoms. The van der Waals surface area contributed by atoms with E-state index in [0.29, 0.717) is 24.4 Å². The van der Waals surface area contributed by atoms with E-state index in [0.717, 1.165) is 0 Å². The van der Waals surface area contributed by atoms with Crippen LogP contribution in [0.4, 0.5) is 0 Å². The third-order valence-electron chi connectivity index (χ3n) is 2.49. The monoisotopic (exact) mass is 273 g/mol. The van der Waals surface area contributed by atoms with Gasteiger partial charge in [0.25, 0.3) is 10.1 Å². The number of rotatable bonds is 3. The first-order valence-corrected chi connectivity index (χ1v) is 6.66. The van der Waals surface area contributed by atoms with Gasteiger partial charge >= 0.3 is 0 Å². The summed E-state index contributed by atoms with van der Waals surface area (Å²) in [6, 6.07) is 6.21. The van der Waals surface area contributed by atoms with Crippen LogP contribution in [-0.2, 0) is 15.0 Å². The maximum atomic E-state index is 11.2. The Kier molecular flexibility index (Phi) is 4.47. The fraction of sp³-hybridized carbons (Fsp3) is 0.273. The highest BCUT2D eigenvalue weighted by Crippen LogP contribution is 2.27. The minimum Gasteiger partial charge on any atom is -0.412 e. The van der Waals surface area contributed by atoms with Crippen LogP contribution in [0.15, 0.2) is 35.2 Å². The molecule has 0 fully saturated rings. The Morgan fingerprint density at radius 1 is 1.39 bits per heavy atom. The first-order valence-electron chi connectivity index (χ1n) is 5.22. The van der Waals surface area contributed by atoms with Crippen LogP contribution < -0.4 is 0 Å². The Bertz CT molecular complexity index is 552. The zero-order chi connectivity index (χ0) is 12.5. The van der Waals surface area contributed by atoms with E-state index in [1.165, 1.54) is 6.07 Å². The van der Waals surface area contributed by atoms with Gasteiger partial charge in [-0.3, -0.25) is 4.55 Å². The summed E-state index contributed by atoms with van der Waals surface area (Å²) in [6.07, 6.45) is 1.79. The van der Waals surface area contributed by atoms with Gasteiger partial charge in [-0.15, -0.1) is 5.06 Å². The van der Waals surface area contributed by atoms with Crippen molar-refractivity contribution < 1.29 is 23.3 Å². The molecule has 6 nitrogen and oxygen atoms in total. The van der Waals surface area contributed by atoms with E-state index in [4.69, 9.17) is 9.39 Å². The molecule has 0 spiro atoms. The van der Waals surface area contributed by atoms with Crippen LogP contribution >= 0.6 is 0 Å². The second kappa shape index (κ2) is 5.49. The highest BCUT2D eigenvalue weighted by Gasteiger charge is 2.22. The van der Waals surface area contributed by atoms with Gasteiger partial charge in [0.15, 0.2) is 5.76 Å². The zero-order valence-electron chi connectivity index (χ0n) is 9.83. The van der Waals surface area contributed by atoms with Crippen molar-refractivity contribution in [3.8, 4) is 0 Å². The van der Waals surface area contributed by atoms with Crippen LogP contribution in [-0.4, -0.2) is 36.6 Å². The minimum absolute atomic E-state index is 0. The zero-order valence-corrected chi connectivity index (χ0v) is 10.6. The third-order valence-corrected chi connectivity index (χ3v) is 3.40. The van der Waals surface area contributed by atoms with Crippen LogP contribution in [0.3, 0.4) is 0 Å². The van der Waals surface area contributed by atoms with Gasteiger partial charge in [0.1, 0.15) is 4.90 Å². The molecular weight excluding hydrogens is 258 g/mol. The van der Waals surface area contributed by atoms with Crippen molar-refractivity contribution in [3.63, 3.8) is 0 Å². The summed E-state index contributed by atoms with van der Waals surface area (Å²) in [5.41, 5.74) is 0.381. The fourth-order valence-corrected chi connectivity index (χ4v) is 2.34. The first-order chi connectivity index (χ1) is 8.02. The Hall–Kier alpha value is -1.41. The molecule has 100 valence electrons. The molecule has 1 aromatic carbocycles. The van der Waals surface area contributed by atoms with Crippen molar-refractivity contribution in [3.05, 3.63) is 35.9 Å². The van der Waals surface area contributed by atoms with Crippen molar-refractivity contribution in [2.75, 3.05) is 13.1 Å². The van der Waals surface area contributed by atoms with Gasteiger partial charge in [0, 0.05) is 12.1 Å². The minimum atomic E-state index is -4.23. The van der Waals surface area contributed by atoms with Crippen molar-refractivity contribution >= 4 is 15.9 Å². The summed E-state index contributed by atoms with van der Waals surface area (Å²) >= 11 is 0. The predicted molar refractivity (Wildman–Crippen MR) is 66.2 cm³/mol. The lowest BCUT2D eigenvalue weighted by atomic mass is 10.2. The highest BCUT2D eigenvalue weighted by atomic mass is 32.2. The van der Waals surface area contributed by atoms with E-state index in [-0.39, 0.29) is 10.4 Å². The molecule has 0 saturated carbocycles. The smallest absolute Gasteiger partial charge is 0.295 e. The summed E-state index contributed by atoms with van der Waals surface area (Å²) in [5, 5.41) is 1.69. The lowest BCUT2D eigenvalue weighted by Crippen LogP contribution is -2.17. The molecule has 1 aliphatic heterocycles. The molecule has 0 radical (unpaired) electrons. The second-order valence-electron chi connectivity index (χ2n) is 3.61. The average Bonchev–Trinajstić information content (AvgIpc) is 2.76. The van der Waals surface area contributed by atoms with Crippen molar-refractivity contribution in [2.45, 2.75) is 11.8 Å². The molecule has 0 amide bonds. The molecule has 3 N–H and O–H groups in total. The molecule has 0 saturated heterocycles. The van der Waals surface area contributed by atoms with E-state index < -0.39 is 10.1 Å². The maximum Gasteiger partial charge on any atom is 0.295 e. The summed E-state index contributed by atoms with van der Waals surface area (Å²) in [4.78, 5) is 5.32. The van der Waals surface area contributed by atoms with Gasteiger partial charge in [0.2, 0.25) is 0 Å². The maximum absolute atomic E-state index is 11.2. The van der Waals surface area contributed by atoms with Gasteiger partial charge in [-0.2, -0.15) is 8.42 Å². The van der Waals surface area contributed by atoms with E-state index in [2.05, 4.69) is 0 Å². The first kappa shape index (κ1) is 14.7. The van der Waals surface area contributed by atoms with Gasteiger partial charge in [-0.05, 0) is 25.1 Å². The summed E-state index contributed by atoms with van der Waals surface area (Å²) in [7, 11) is -4.23. The number of hydrogen-bond acceptors (Lipinski definition) is 4. The highest BCUT2D eigenvalue weighted by molar-refractivity contribution is 7.85.